The smallest absolute Gasteiger partial charge is 0.241 e. The lowest BCUT2D eigenvalue weighted by Crippen LogP contribution is -2.50. The number of primary amides is 1. The summed E-state index contributed by atoms with van der Waals surface area (Å²) in [5.74, 6) is -1.40. The lowest BCUT2D eigenvalue weighted by atomic mass is 9.85. The second kappa shape index (κ2) is 5.05. The van der Waals surface area contributed by atoms with Gasteiger partial charge in [0.15, 0.2) is 0 Å². The van der Waals surface area contributed by atoms with Crippen molar-refractivity contribution in [2.24, 2.45) is 29.4 Å². The molecule has 3 amide bonds. The molecule has 3 aliphatic rings. The number of hydrogen-bond acceptors (Lipinski definition) is 3. The minimum absolute atomic E-state index is 0.136. The van der Waals surface area contributed by atoms with Crippen molar-refractivity contribution >= 4 is 17.7 Å². The van der Waals surface area contributed by atoms with Crippen LogP contribution in [0.3, 0.4) is 0 Å². The van der Waals surface area contributed by atoms with Crippen molar-refractivity contribution in [2.45, 2.75) is 18.9 Å². The van der Waals surface area contributed by atoms with Crippen molar-refractivity contribution in [1.82, 2.24) is 4.90 Å². The van der Waals surface area contributed by atoms with Gasteiger partial charge in [-0.05, 0) is 23.8 Å². The van der Waals surface area contributed by atoms with E-state index in [4.69, 9.17) is 5.73 Å². The third-order valence-electron chi connectivity index (χ3n) is 5.42. The number of fused-ring (bicyclic) bond motifs is 5. The first-order valence-electron chi connectivity index (χ1n) is 7.96. The number of rotatable bonds is 4. The van der Waals surface area contributed by atoms with Crippen LogP contribution in [0.25, 0.3) is 0 Å². The van der Waals surface area contributed by atoms with Gasteiger partial charge in [-0.2, -0.15) is 0 Å². The van der Waals surface area contributed by atoms with E-state index >= 15 is 0 Å². The molecule has 1 saturated heterocycles. The Labute approximate surface area is 134 Å². The van der Waals surface area contributed by atoms with Gasteiger partial charge in [0.1, 0.15) is 6.04 Å². The van der Waals surface area contributed by atoms with E-state index in [0.717, 1.165) is 16.9 Å². The van der Waals surface area contributed by atoms with Crippen LogP contribution in [-0.4, -0.2) is 28.7 Å². The van der Waals surface area contributed by atoms with Gasteiger partial charge < -0.3 is 5.73 Å². The summed E-state index contributed by atoms with van der Waals surface area (Å²) in [5, 5.41) is 0. The molecule has 4 rings (SSSR count). The monoisotopic (exact) mass is 310 g/mol. The highest BCUT2D eigenvalue weighted by molar-refractivity contribution is 6.09. The summed E-state index contributed by atoms with van der Waals surface area (Å²) < 4.78 is 0. The lowest BCUT2D eigenvalue weighted by Gasteiger charge is -2.25. The van der Waals surface area contributed by atoms with Gasteiger partial charge in [0.2, 0.25) is 17.7 Å². The van der Waals surface area contributed by atoms with Crippen LogP contribution in [0, 0.1) is 23.7 Å². The molecule has 23 heavy (non-hydrogen) atoms. The first kappa shape index (κ1) is 14.2. The fourth-order valence-corrected chi connectivity index (χ4v) is 4.39. The van der Waals surface area contributed by atoms with Crippen molar-refractivity contribution in [3.05, 3.63) is 48.0 Å². The zero-order valence-electron chi connectivity index (χ0n) is 12.6. The zero-order valence-corrected chi connectivity index (χ0v) is 12.6. The highest BCUT2D eigenvalue weighted by Crippen LogP contribution is 2.52. The van der Waals surface area contributed by atoms with Crippen molar-refractivity contribution in [1.29, 1.82) is 0 Å². The zero-order chi connectivity index (χ0) is 16.1. The molecule has 2 N–H and O–H groups in total. The van der Waals surface area contributed by atoms with Crippen molar-refractivity contribution in [2.75, 3.05) is 0 Å². The average molecular weight is 310 g/mol. The van der Waals surface area contributed by atoms with E-state index in [1.165, 1.54) is 0 Å². The Hall–Kier alpha value is -2.43. The van der Waals surface area contributed by atoms with Crippen LogP contribution in [0.15, 0.2) is 42.5 Å². The molecule has 118 valence electrons. The van der Waals surface area contributed by atoms with Crippen LogP contribution >= 0.6 is 0 Å². The van der Waals surface area contributed by atoms with Gasteiger partial charge in [-0.3, -0.25) is 19.3 Å². The third-order valence-corrected chi connectivity index (χ3v) is 5.42. The van der Waals surface area contributed by atoms with E-state index in [2.05, 4.69) is 0 Å². The second-order valence-corrected chi connectivity index (χ2v) is 6.65. The molecule has 1 aromatic rings. The molecule has 5 atom stereocenters. The molecule has 1 aromatic carbocycles. The van der Waals surface area contributed by atoms with E-state index in [1.54, 1.807) is 0 Å². The Bertz CT molecular complexity index is 682. The Morgan fingerprint density at radius 1 is 1.09 bits per heavy atom. The maximum Gasteiger partial charge on any atom is 0.241 e. The van der Waals surface area contributed by atoms with Crippen molar-refractivity contribution in [3.63, 3.8) is 0 Å². The lowest BCUT2D eigenvalue weighted by molar-refractivity contribution is -0.147. The molecular formula is C18H18N2O3. The van der Waals surface area contributed by atoms with Crippen LogP contribution in [0.1, 0.15) is 12.0 Å². The highest BCUT2D eigenvalue weighted by Gasteiger charge is 2.60. The molecule has 2 fully saturated rings. The molecule has 2 bridgehead atoms. The molecule has 5 heteroatoms. The number of carbonyl (C=O) groups is 3. The molecule has 2 aliphatic carbocycles. The normalized spacial score (nSPS) is 32.4. The minimum Gasteiger partial charge on any atom is -0.368 e. The summed E-state index contributed by atoms with van der Waals surface area (Å²) in [7, 11) is 0. The minimum atomic E-state index is -0.901. The number of hydrogen-bond donors (Lipinski definition) is 1. The first-order valence-corrected chi connectivity index (χ1v) is 7.96. The van der Waals surface area contributed by atoms with Crippen LogP contribution < -0.4 is 5.73 Å². The van der Waals surface area contributed by atoms with E-state index < -0.39 is 11.9 Å². The maximum atomic E-state index is 12.8. The largest absolute Gasteiger partial charge is 0.368 e. The summed E-state index contributed by atoms with van der Waals surface area (Å²) in [5.41, 5.74) is 6.41. The summed E-state index contributed by atoms with van der Waals surface area (Å²) >= 11 is 0. The molecule has 0 unspecified atom stereocenters. The number of benzene rings is 1. The molecule has 0 spiro atoms. The fourth-order valence-electron chi connectivity index (χ4n) is 4.39. The van der Waals surface area contributed by atoms with E-state index in [0.29, 0.717) is 0 Å². The van der Waals surface area contributed by atoms with Gasteiger partial charge in [-0.1, -0.05) is 42.5 Å². The summed E-state index contributed by atoms with van der Waals surface area (Å²) in [6.07, 6.45) is 5.23. The van der Waals surface area contributed by atoms with Crippen molar-refractivity contribution in [3.8, 4) is 0 Å². The fraction of sp³-hybridized carbons (Fsp3) is 0.389. The second-order valence-electron chi connectivity index (χ2n) is 6.65. The van der Waals surface area contributed by atoms with Gasteiger partial charge >= 0.3 is 0 Å². The molecular weight excluding hydrogens is 292 g/mol. The van der Waals surface area contributed by atoms with E-state index in [9.17, 15) is 14.4 Å². The van der Waals surface area contributed by atoms with E-state index in [-0.39, 0.29) is 41.9 Å². The van der Waals surface area contributed by atoms with Gasteiger partial charge in [-0.15, -0.1) is 0 Å². The number of allylic oxidation sites excluding steroid dienone is 2. The molecule has 1 heterocycles. The molecule has 0 aromatic heterocycles. The van der Waals surface area contributed by atoms with Gasteiger partial charge in [0.05, 0.1) is 11.8 Å². The number of nitrogens with two attached hydrogens (primary N) is 1. The van der Waals surface area contributed by atoms with E-state index in [1.807, 2.05) is 42.5 Å². The number of imide groups is 1. The number of carbonyl (C=O) groups excluding carboxylic acids is 3. The Kier molecular flexibility index (Phi) is 3.11. The van der Waals surface area contributed by atoms with Crippen LogP contribution in [0.5, 0.6) is 0 Å². The van der Waals surface area contributed by atoms with Crippen LogP contribution in [0.4, 0.5) is 0 Å². The Morgan fingerprint density at radius 3 is 2.17 bits per heavy atom. The van der Waals surface area contributed by atoms with Crippen LogP contribution in [0.2, 0.25) is 0 Å². The predicted molar refractivity (Wildman–Crippen MR) is 82.7 cm³/mol. The summed E-state index contributed by atoms with van der Waals surface area (Å²) in [6.45, 7) is 0. The van der Waals surface area contributed by atoms with Gasteiger partial charge in [-0.25, -0.2) is 0 Å². The molecule has 1 aliphatic heterocycles. The Balaban J connectivity index is 1.64. The SMILES string of the molecule is NC(=O)[C@H](Cc1ccccc1)N1C(=O)[C@@H]2[C@H](C1=O)[C@H]1C=C[C@H]2C1. The number of nitrogens with zero attached hydrogens (tertiary/aromatic N) is 1. The third kappa shape index (κ3) is 2.03. The Morgan fingerprint density at radius 2 is 1.65 bits per heavy atom. The highest BCUT2D eigenvalue weighted by atomic mass is 16.2. The summed E-state index contributed by atoms with van der Waals surface area (Å²) in [6, 6.07) is 8.44. The molecule has 1 saturated carbocycles. The van der Waals surface area contributed by atoms with Gasteiger partial charge in [0.25, 0.3) is 0 Å². The maximum absolute atomic E-state index is 12.8. The average Bonchev–Trinajstić information content (AvgIpc) is 3.21. The van der Waals surface area contributed by atoms with Crippen molar-refractivity contribution < 1.29 is 14.4 Å². The number of likely N-dealkylation sites (tertiary alicyclic amines) is 1. The molecule has 5 nitrogen and oxygen atoms in total. The standard InChI is InChI=1S/C18H18N2O3/c19-16(21)13(8-10-4-2-1-3-5-10)20-17(22)14-11-6-7-12(9-11)15(14)18(20)23/h1-7,11-15H,8-9H2,(H2,19,21)/t11-,12-,13-,14-,15+/m0/s1. The predicted octanol–water partition coefficient (Wildman–Crippen LogP) is 0.890. The summed E-state index contributed by atoms with van der Waals surface area (Å²) in [4.78, 5) is 38.7. The van der Waals surface area contributed by atoms with Gasteiger partial charge in [0, 0.05) is 6.42 Å². The van der Waals surface area contributed by atoms with Crippen LogP contribution in [-0.2, 0) is 20.8 Å². The molecule has 0 radical (unpaired) electrons. The quantitative estimate of drug-likeness (QED) is 0.662. The first-order chi connectivity index (χ1) is 11.1. The topological polar surface area (TPSA) is 80.5 Å². The number of amides is 3.